The maximum Gasteiger partial charge on any atom is 0.338 e. The molecule has 6 heteroatoms. The minimum absolute atomic E-state index is 0.492. The predicted octanol–water partition coefficient (Wildman–Crippen LogP) is 4.00. The summed E-state index contributed by atoms with van der Waals surface area (Å²) in [5, 5.41) is 0. The molecule has 0 aliphatic rings. The van der Waals surface area contributed by atoms with Gasteiger partial charge in [0.2, 0.25) is 0 Å². The standard InChI is InChI=1S/C10H7Br2FO2S/c11-9-6-4-8(5-7-9)2-1-3-10(12)16(13,14)15/h1-7H/b2-1+,10-3+. The summed E-state index contributed by atoms with van der Waals surface area (Å²) >= 11 is 5.91. The van der Waals surface area contributed by atoms with Gasteiger partial charge in [0.15, 0.2) is 0 Å². The third kappa shape index (κ3) is 4.59. The fourth-order valence-electron chi connectivity index (χ4n) is 0.890. The third-order valence-electron chi connectivity index (χ3n) is 1.62. The Kier molecular flexibility index (Phi) is 4.89. The average molecular weight is 370 g/mol. The lowest BCUT2D eigenvalue weighted by Crippen LogP contribution is -1.86. The molecule has 0 heterocycles. The van der Waals surface area contributed by atoms with Crippen LogP contribution in [0.1, 0.15) is 5.56 Å². The van der Waals surface area contributed by atoms with E-state index in [1.54, 1.807) is 6.08 Å². The molecule has 0 bridgehead atoms. The Morgan fingerprint density at radius 2 is 1.81 bits per heavy atom. The Labute approximate surface area is 110 Å². The zero-order valence-corrected chi connectivity index (χ0v) is 11.9. The van der Waals surface area contributed by atoms with Crippen LogP contribution in [-0.4, -0.2) is 8.42 Å². The first-order chi connectivity index (χ1) is 7.39. The van der Waals surface area contributed by atoms with Crippen molar-refractivity contribution in [1.29, 1.82) is 0 Å². The molecule has 86 valence electrons. The molecule has 0 atom stereocenters. The van der Waals surface area contributed by atoms with E-state index in [1.807, 2.05) is 24.3 Å². The van der Waals surface area contributed by atoms with E-state index in [4.69, 9.17) is 0 Å². The first-order valence-electron chi connectivity index (χ1n) is 4.14. The molecule has 0 spiro atoms. The van der Waals surface area contributed by atoms with Gasteiger partial charge in [-0.1, -0.05) is 44.1 Å². The Hall–Kier alpha value is -0.460. The normalized spacial score (nSPS) is 13.3. The van der Waals surface area contributed by atoms with E-state index in [0.29, 0.717) is 0 Å². The molecule has 1 aromatic carbocycles. The van der Waals surface area contributed by atoms with E-state index in [9.17, 15) is 12.3 Å². The van der Waals surface area contributed by atoms with Crippen molar-refractivity contribution >= 4 is 48.2 Å². The minimum atomic E-state index is -4.64. The van der Waals surface area contributed by atoms with Crippen LogP contribution in [0.25, 0.3) is 6.08 Å². The van der Waals surface area contributed by atoms with Crippen molar-refractivity contribution in [1.82, 2.24) is 0 Å². The van der Waals surface area contributed by atoms with Gasteiger partial charge in [-0.15, -0.1) is 0 Å². The van der Waals surface area contributed by atoms with Crippen molar-refractivity contribution in [3.8, 4) is 0 Å². The highest BCUT2D eigenvalue weighted by Crippen LogP contribution is 2.16. The number of rotatable bonds is 3. The summed E-state index contributed by atoms with van der Waals surface area (Å²) in [6.07, 6.45) is 4.25. The molecule has 0 radical (unpaired) electrons. The van der Waals surface area contributed by atoms with Crippen molar-refractivity contribution in [2.75, 3.05) is 0 Å². The monoisotopic (exact) mass is 368 g/mol. The van der Waals surface area contributed by atoms with E-state index in [-0.39, 0.29) is 0 Å². The lowest BCUT2D eigenvalue weighted by molar-refractivity contribution is 0.562. The highest BCUT2D eigenvalue weighted by molar-refractivity contribution is 9.13. The summed E-state index contributed by atoms with van der Waals surface area (Å²) in [7, 11) is -4.64. The zero-order valence-electron chi connectivity index (χ0n) is 7.90. The van der Waals surface area contributed by atoms with Crippen LogP contribution in [0.2, 0.25) is 0 Å². The summed E-state index contributed by atoms with van der Waals surface area (Å²) in [5.41, 5.74) is 0.885. The summed E-state index contributed by atoms with van der Waals surface area (Å²) in [6, 6.07) is 7.38. The Morgan fingerprint density at radius 3 is 2.31 bits per heavy atom. The van der Waals surface area contributed by atoms with E-state index < -0.39 is 14.0 Å². The first-order valence-corrected chi connectivity index (χ1v) is 7.10. The summed E-state index contributed by atoms with van der Waals surface area (Å²) in [5.74, 6) is 0. The molecule has 0 aromatic heterocycles. The molecule has 0 aliphatic heterocycles. The fraction of sp³-hybridized carbons (Fsp3) is 0. The van der Waals surface area contributed by atoms with Crippen LogP contribution in [0.5, 0.6) is 0 Å². The first kappa shape index (κ1) is 13.6. The maximum atomic E-state index is 12.4. The largest absolute Gasteiger partial charge is 0.338 e. The second kappa shape index (κ2) is 5.75. The SMILES string of the molecule is O=S(=O)(F)/C(Br)=C/C=C/c1ccc(Br)cc1. The van der Waals surface area contributed by atoms with Crippen LogP contribution in [0.4, 0.5) is 3.89 Å². The van der Waals surface area contributed by atoms with Crippen LogP contribution in [0.15, 0.2) is 44.7 Å². The lowest BCUT2D eigenvalue weighted by atomic mass is 10.2. The van der Waals surface area contributed by atoms with E-state index >= 15 is 0 Å². The number of hydrogen-bond acceptors (Lipinski definition) is 2. The lowest BCUT2D eigenvalue weighted by Gasteiger charge is -1.92. The topological polar surface area (TPSA) is 34.1 Å². The van der Waals surface area contributed by atoms with Gasteiger partial charge in [0.25, 0.3) is 0 Å². The molecule has 0 aliphatic carbocycles. The van der Waals surface area contributed by atoms with Crippen LogP contribution < -0.4 is 0 Å². The van der Waals surface area contributed by atoms with Crippen LogP contribution in [0.3, 0.4) is 0 Å². The van der Waals surface area contributed by atoms with Crippen molar-refractivity contribution in [2.45, 2.75) is 0 Å². The molecule has 0 amide bonds. The van der Waals surface area contributed by atoms with Gasteiger partial charge in [-0.25, -0.2) is 0 Å². The van der Waals surface area contributed by atoms with Crippen molar-refractivity contribution in [2.24, 2.45) is 0 Å². The molecule has 0 N–H and O–H groups in total. The van der Waals surface area contributed by atoms with Gasteiger partial charge >= 0.3 is 10.2 Å². The van der Waals surface area contributed by atoms with Crippen LogP contribution >= 0.6 is 31.9 Å². The molecule has 1 rings (SSSR count). The third-order valence-corrected chi connectivity index (χ3v) is 4.17. The van der Waals surface area contributed by atoms with Crippen molar-refractivity contribution in [3.63, 3.8) is 0 Å². The molecular weight excluding hydrogens is 363 g/mol. The van der Waals surface area contributed by atoms with Gasteiger partial charge < -0.3 is 0 Å². The number of allylic oxidation sites excluding steroid dienone is 2. The van der Waals surface area contributed by atoms with Crippen molar-refractivity contribution < 1.29 is 12.3 Å². The maximum absolute atomic E-state index is 12.4. The van der Waals surface area contributed by atoms with Gasteiger partial charge in [-0.2, -0.15) is 8.42 Å². The molecular formula is C10H7Br2FO2S. The highest BCUT2D eigenvalue weighted by Gasteiger charge is 2.10. The summed E-state index contributed by atoms with van der Waals surface area (Å²) in [4.78, 5) is 0. The van der Waals surface area contributed by atoms with Gasteiger partial charge in [0.05, 0.1) is 0 Å². The number of hydrogen-bond donors (Lipinski definition) is 0. The molecule has 0 saturated carbocycles. The van der Waals surface area contributed by atoms with E-state index in [1.165, 1.54) is 6.08 Å². The predicted molar refractivity (Wildman–Crippen MR) is 70.2 cm³/mol. The Bertz CT molecular complexity index is 518. The molecule has 0 saturated heterocycles. The van der Waals surface area contributed by atoms with Crippen molar-refractivity contribution in [3.05, 3.63) is 50.3 Å². The smallest absolute Gasteiger partial charge is 0.189 e. The molecule has 1 aromatic rings. The Balaban J connectivity index is 2.80. The highest BCUT2D eigenvalue weighted by atomic mass is 79.9. The minimum Gasteiger partial charge on any atom is -0.189 e. The quantitative estimate of drug-likeness (QED) is 0.596. The van der Waals surface area contributed by atoms with Crippen LogP contribution in [0, 0.1) is 0 Å². The summed E-state index contributed by atoms with van der Waals surface area (Å²) in [6.45, 7) is 0. The molecule has 0 unspecified atom stereocenters. The average Bonchev–Trinajstić information content (AvgIpc) is 2.19. The van der Waals surface area contributed by atoms with Gasteiger partial charge in [-0.05, 0) is 39.7 Å². The second-order valence-electron chi connectivity index (χ2n) is 2.82. The van der Waals surface area contributed by atoms with E-state index in [0.717, 1.165) is 16.1 Å². The molecule has 2 nitrogen and oxygen atoms in total. The molecule has 0 fully saturated rings. The Morgan fingerprint density at radius 1 is 1.25 bits per heavy atom. The zero-order chi connectivity index (χ0) is 12.2. The number of benzene rings is 1. The van der Waals surface area contributed by atoms with E-state index in [2.05, 4.69) is 31.9 Å². The van der Waals surface area contributed by atoms with Gasteiger partial charge in [-0.3, -0.25) is 0 Å². The second-order valence-corrected chi connectivity index (χ2v) is 6.43. The number of halogens is 3. The van der Waals surface area contributed by atoms with Gasteiger partial charge in [0.1, 0.15) is 3.81 Å². The molecule has 16 heavy (non-hydrogen) atoms. The van der Waals surface area contributed by atoms with Gasteiger partial charge in [0, 0.05) is 4.47 Å². The fourth-order valence-corrected chi connectivity index (χ4v) is 1.55. The summed E-state index contributed by atoms with van der Waals surface area (Å²) < 4.78 is 33.6. The van der Waals surface area contributed by atoms with Crippen LogP contribution in [-0.2, 0) is 10.2 Å².